The van der Waals surface area contributed by atoms with Crippen LogP contribution >= 0.6 is 0 Å². The molecule has 0 atom stereocenters. The van der Waals surface area contributed by atoms with Gasteiger partial charge in [0.15, 0.2) is 0 Å². The van der Waals surface area contributed by atoms with Gasteiger partial charge in [-0.3, -0.25) is 0 Å². The topological polar surface area (TPSA) is 55.8 Å². The lowest BCUT2D eigenvalue weighted by molar-refractivity contribution is 0.210. The lowest BCUT2D eigenvalue weighted by Crippen LogP contribution is -2.13. The number of nitrogens with zero attached hydrogens (tertiary/aromatic N) is 1. The number of rotatable bonds is 6. The Morgan fingerprint density at radius 1 is 0.852 bits per heavy atom. The van der Waals surface area contributed by atoms with Crippen LogP contribution in [0.1, 0.15) is 5.56 Å². The number of para-hydroxylation sites is 1. The van der Waals surface area contributed by atoms with Crippen LogP contribution in [0.15, 0.2) is 71.9 Å². The smallest absolute Gasteiger partial charge is 0.134 e. The first-order valence-electron chi connectivity index (χ1n) is 8.66. The SMILES string of the molecule is CO/N=C(/COc1ccc2c(c1)[nH]c1ccccc12)c1ccc(OC)cc1. The number of aromatic amines is 1. The van der Waals surface area contributed by atoms with Crippen LogP contribution in [-0.2, 0) is 4.84 Å². The summed E-state index contributed by atoms with van der Waals surface area (Å²) in [5.74, 6) is 1.56. The minimum Gasteiger partial charge on any atom is -0.497 e. The van der Waals surface area contributed by atoms with Crippen molar-refractivity contribution < 1.29 is 14.3 Å². The van der Waals surface area contributed by atoms with Gasteiger partial charge in [0.1, 0.15) is 30.9 Å². The van der Waals surface area contributed by atoms with Crippen LogP contribution in [0.2, 0.25) is 0 Å². The van der Waals surface area contributed by atoms with E-state index >= 15 is 0 Å². The van der Waals surface area contributed by atoms with Crippen molar-refractivity contribution in [2.75, 3.05) is 20.8 Å². The van der Waals surface area contributed by atoms with Crippen LogP contribution in [-0.4, -0.2) is 31.5 Å². The van der Waals surface area contributed by atoms with Crippen molar-refractivity contribution >= 4 is 27.5 Å². The lowest BCUT2D eigenvalue weighted by atomic mass is 10.1. The summed E-state index contributed by atoms with van der Waals surface area (Å²) >= 11 is 0. The second kappa shape index (κ2) is 7.41. The number of fused-ring (bicyclic) bond motifs is 3. The van der Waals surface area contributed by atoms with Gasteiger partial charge < -0.3 is 19.3 Å². The van der Waals surface area contributed by atoms with Gasteiger partial charge in [-0.2, -0.15) is 0 Å². The molecule has 0 amide bonds. The van der Waals surface area contributed by atoms with Gasteiger partial charge in [0.25, 0.3) is 0 Å². The summed E-state index contributed by atoms with van der Waals surface area (Å²) in [7, 11) is 3.17. The molecule has 0 saturated heterocycles. The molecule has 0 aliphatic rings. The molecule has 0 aliphatic heterocycles. The fraction of sp³-hybridized carbons (Fsp3) is 0.136. The van der Waals surface area contributed by atoms with Gasteiger partial charge in [-0.25, -0.2) is 0 Å². The first-order chi connectivity index (χ1) is 13.3. The Hall–Kier alpha value is -3.47. The van der Waals surface area contributed by atoms with Gasteiger partial charge in [-0.15, -0.1) is 0 Å². The number of hydrogen-bond donors (Lipinski definition) is 1. The average molecular weight is 360 g/mol. The summed E-state index contributed by atoms with van der Waals surface area (Å²) in [5.41, 5.74) is 3.79. The Morgan fingerprint density at radius 2 is 1.59 bits per heavy atom. The van der Waals surface area contributed by atoms with Crippen molar-refractivity contribution in [1.82, 2.24) is 4.98 Å². The van der Waals surface area contributed by atoms with Crippen molar-refractivity contribution in [3.8, 4) is 11.5 Å². The fourth-order valence-corrected chi connectivity index (χ4v) is 3.13. The molecule has 1 N–H and O–H groups in total. The first-order valence-corrected chi connectivity index (χ1v) is 8.66. The molecule has 0 unspecified atom stereocenters. The summed E-state index contributed by atoms with van der Waals surface area (Å²) in [4.78, 5) is 8.41. The summed E-state index contributed by atoms with van der Waals surface area (Å²) in [6.07, 6.45) is 0. The molecule has 0 bridgehead atoms. The monoisotopic (exact) mass is 360 g/mol. The second-order valence-electron chi connectivity index (χ2n) is 6.12. The van der Waals surface area contributed by atoms with E-state index in [1.807, 2.05) is 48.5 Å². The summed E-state index contributed by atoms with van der Waals surface area (Å²) in [6.45, 7) is 0.298. The number of benzene rings is 3. The van der Waals surface area contributed by atoms with E-state index in [9.17, 15) is 0 Å². The molecule has 0 aliphatic carbocycles. The van der Waals surface area contributed by atoms with Crippen LogP contribution in [0.5, 0.6) is 11.5 Å². The Kier molecular flexibility index (Phi) is 4.66. The third kappa shape index (κ3) is 3.44. The molecular formula is C22H20N2O3. The largest absolute Gasteiger partial charge is 0.497 e. The van der Waals surface area contributed by atoms with E-state index in [0.717, 1.165) is 28.1 Å². The van der Waals surface area contributed by atoms with Crippen LogP contribution in [0.3, 0.4) is 0 Å². The van der Waals surface area contributed by atoms with Crippen molar-refractivity contribution in [3.63, 3.8) is 0 Å². The van der Waals surface area contributed by atoms with E-state index < -0.39 is 0 Å². The summed E-state index contributed by atoms with van der Waals surface area (Å²) in [6, 6.07) is 21.9. The Balaban J connectivity index is 1.56. The standard InChI is InChI=1S/C22H20N2O3/c1-25-16-9-7-15(8-10-16)22(24-26-2)14-27-17-11-12-19-18-5-3-4-6-20(18)23-21(19)13-17/h3-13,23H,14H2,1-2H3/b24-22-. The van der Waals surface area contributed by atoms with Crippen molar-refractivity contribution in [2.24, 2.45) is 5.16 Å². The van der Waals surface area contributed by atoms with E-state index in [4.69, 9.17) is 14.3 Å². The van der Waals surface area contributed by atoms with Crippen molar-refractivity contribution in [1.29, 1.82) is 0 Å². The number of methoxy groups -OCH3 is 1. The molecule has 27 heavy (non-hydrogen) atoms. The zero-order valence-electron chi connectivity index (χ0n) is 15.2. The van der Waals surface area contributed by atoms with Crippen LogP contribution in [0.4, 0.5) is 0 Å². The number of H-pyrrole nitrogens is 1. The molecule has 0 saturated carbocycles. The predicted octanol–water partition coefficient (Wildman–Crippen LogP) is 4.76. The predicted molar refractivity (Wildman–Crippen MR) is 108 cm³/mol. The maximum atomic E-state index is 5.97. The highest BCUT2D eigenvalue weighted by molar-refractivity contribution is 6.07. The van der Waals surface area contributed by atoms with E-state index in [1.54, 1.807) is 7.11 Å². The average Bonchev–Trinajstić information content (AvgIpc) is 3.09. The Morgan fingerprint density at radius 3 is 2.37 bits per heavy atom. The molecule has 0 spiro atoms. The first kappa shape index (κ1) is 17.0. The highest BCUT2D eigenvalue weighted by Crippen LogP contribution is 2.28. The number of ether oxygens (including phenoxy) is 2. The molecule has 3 aromatic carbocycles. The van der Waals surface area contributed by atoms with E-state index in [1.165, 1.54) is 17.9 Å². The number of aromatic nitrogens is 1. The highest BCUT2D eigenvalue weighted by Gasteiger charge is 2.09. The summed E-state index contributed by atoms with van der Waals surface area (Å²) in [5, 5.41) is 6.49. The normalized spacial score (nSPS) is 11.7. The maximum Gasteiger partial charge on any atom is 0.134 e. The van der Waals surface area contributed by atoms with E-state index in [2.05, 4.69) is 28.3 Å². The molecule has 1 heterocycles. The molecule has 0 radical (unpaired) electrons. The van der Waals surface area contributed by atoms with Gasteiger partial charge in [0.2, 0.25) is 0 Å². The molecular weight excluding hydrogens is 340 g/mol. The minimum absolute atomic E-state index is 0.298. The zero-order chi connectivity index (χ0) is 18.6. The maximum absolute atomic E-state index is 5.97. The number of nitrogens with one attached hydrogen (secondary N) is 1. The Bertz CT molecular complexity index is 1100. The summed E-state index contributed by atoms with van der Waals surface area (Å²) < 4.78 is 11.2. The van der Waals surface area contributed by atoms with Gasteiger partial charge in [-0.1, -0.05) is 23.4 Å². The van der Waals surface area contributed by atoms with Gasteiger partial charge in [-0.05, 0) is 42.5 Å². The van der Waals surface area contributed by atoms with Crippen molar-refractivity contribution in [3.05, 3.63) is 72.3 Å². The van der Waals surface area contributed by atoms with Gasteiger partial charge >= 0.3 is 0 Å². The zero-order valence-corrected chi connectivity index (χ0v) is 15.2. The fourth-order valence-electron chi connectivity index (χ4n) is 3.13. The molecule has 136 valence electrons. The minimum atomic E-state index is 0.298. The molecule has 4 rings (SSSR count). The Labute approximate surface area is 157 Å². The van der Waals surface area contributed by atoms with Gasteiger partial charge in [0.05, 0.1) is 12.6 Å². The van der Waals surface area contributed by atoms with Crippen LogP contribution in [0.25, 0.3) is 21.8 Å². The van der Waals surface area contributed by atoms with Crippen LogP contribution < -0.4 is 9.47 Å². The molecule has 5 nitrogen and oxygen atoms in total. The third-order valence-corrected chi connectivity index (χ3v) is 4.48. The van der Waals surface area contributed by atoms with Crippen molar-refractivity contribution in [2.45, 2.75) is 0 Å². The molecule has 1 aromatic heterocycles. The third-order valence-electron chi connectivity index (χ3n) is 4.48. The molecule has 5 heteroatoms. The quantitative estimate of drug-likeness (QED) is 0.398. The number of oxime groups is 1. The van der Waals surface area contributed by atoms with E-state index in [-0.39, 0.29) is 0 Å². The lowest BCUT2D eigenvalue weighted by Gasteiger charge is -2.09. The number of hydrogen-bond acceptors (Lipinski definition) is 4. The van der Waals surface area contributed by atoms with E-state index in [0.29, 0.717) is 12.3 Å². The second-order valence-corrected chi connectivity index (χ2v) is 6.12. The molecule has 0 fully saturated rings. The van der Waals surface area contributed by atoms with Gasteiger partial charge in [0, 0.05) is 27.9 Å². The molecule has 4 aromatic rings. The van der Waals surface area contributed by atoms with Crippen LogP contribution in [0, 0.1) is 0 Å². The highest BCUT2D eigenvalue weighted by atomic mass is 16.6.